The highest BCUT2D eigenvalue weighted by molar-refractivity contribution is 7.47. The standard InChI is InChI=1S/C25H52NO4P/c1-3-5-7-8-9-10-11-12-13-14-15-16-17-18-24-29-31(27,28)30-25-19-22-26(23-20-25)21-6-4-2/h25H,3-24H2,1-2H3,(H,27,28). The first-order valence-electron chi connectivity index (χ1n) is 13.5. The fourth-order valence-electron chi connectivity index (χ4n) is 4.32. The molecule has 1 rings (SSSR count). The Morgan fingerprint density at radius 1 is 0.742 bits per heavy atom. The number of phosphoric acid groups is 1. The SMILES string of the molecule is CCCCCCCCCCCCCCCCOP(=O)(O)OC1CCN(CCCC)CC1. The van der Waals surface area contributed by atoms with Crippen LogP contribution in [0.25, 0.3) is 0 Å². The molecule has 0 bridgehead atoms. The molecule has 0 saturated carbocycles. The van der Waals surface area contributed by atoms with E-state index in [4.69, 9.17) is 9.05 Å². The summed E-state index contributed by atoms with van der Waals surface area (Å²) < 4.78 is 22.8. The van der Waals surface area contributed by atoms with Gasteiger partial charge in [0.25, 0.3) is 0 Å². The molecule has 5 nitrogen and oxygen atoms in total. The fourth-order valence-corrected chi connectivity index (χ4v) is 5.32. The number of nitrogens with zero attached hydrogens (tertiary/aromatic N) is 1. The van der Waals surface area contributed by atoms with E-state index < -0.39 is 7.82 Å². The van der Waals surface area contributed by atoms with Crippen LogP contribution in [0, 0.1) is 0 Å². The Labute approximate surface area is 193 Å². The highest BCUT2D eigenvalue weighted by atomic mass is 31.2. The molecule has 0 aromatic rings. The molecule has 1 N–H and O–H groups in total. The van der Waals surface area contributed by atoms with E-state index >= 15 is 0 Å². The summed E-state index contributed by atoms with van der Waals surface area (Å²) in [6.07, 6.45) is 22.1. The average Bonchev–Trinajstić information content (AvgIpc) is 2.75. The minimum absolute atomic E-state index is 0.148. The Morgan fingerprint density at radius 2 is 1.19 bits per heavy atom. The third-order valence-corrected chi connectivity index (χ3v) is 7.47. The van der Waals surface area contributed by atoms with Crippen molar-refractivity contribution in [1.29, 1.82) is 0 Å². The molecular formula is C25H52NO4P. The van der Waals surface area contributed by atoms with Crippen molar-refractivity contribution in [2.45, 2.75) is 136 Å². The molecule has 1 atom stereocenters. The van der Waals surface area contributed by atoms with Crippen LogP contribution in [0.5, 0.6) is 0 Å². The summed E-state index contributed by atoms with van der Waals surface area (Å²) in [4.78, 5) is 12.4. The van der Waals surface area contributed by atoms with Gasteiger partial charge in [-0.15, -0.1) is 0 Å². The summed E-state index contributed by atoms with van der Waals surface area (Å²) in [6, 6.07) is 0. The predicted octanol–water partition coefficient (Wildman–Crippen LogP) is 7.87. The Kier molecular flexibility index (Phi) is 18.3. The number of hydrogen-bond acceptors (Lipinski definition) is 4. The van der Waals surface area contributed by atoms with E-state index in [9.17, 15) is 9.46 Å². The molecule has 6 heteroatoms. The van der Waals surface area contributed by atoms with Crippen LogP contribution in [0.3, 0.4) is 0 Å². The molecule has 1 aliphatic heterocycles. The molecule has 0 amide bonds. The molecule has 1 aliphatic rings. The van der Waals surface area contributed by atoms with Crippen molar-refractivity contribution in [2.24, 2.45) is 0 Å². The number of unbranched alkanes of at least 4 members (excludes halogenated alkanes) is 14. The Hall–Kier alpha value is 0.0700. The van der Waals surface area contributed by atoms with Crippen molar-refractivity contribution in [3.63, 3.8) is 0 Å². The van der Waals surface area contributed by atoms with Gasteiger partial charge in [-0.3, -0.25) is 9.05 Å². The Balaban J connectivity index is 1.88. The van der Waals surface area contributed by atoms with Crippen LogP contribution in [0.2, 0.25) is 0 Å². The molecule has 0 aromatic heterocycles. The maximum Gasteiger partial charge on any atom is 0.472 e. The lowest BCUT2D eigenvalue weighted by molar-refractivity contribution is 0.0570. The van der Waals surface area contributed by atoms with Crippen LogP contribution in [-0.4, -0.2) is 42.1 Å². The van der Waals surface area contributed by atoms with Gasteiger partial charge in [0, 0.05) is 13.1 Å². The first-order valence-corrected chi connectivity index (χ1v) is 14.9. The van der Waals surface area contributed by atoms with E-state index in [1.54, 1.807) is 0 Å². The number of likely N-dealkylation sites (tertiary alicyclic amines) is 1. The van der Waals surface area contributed by atoms with Crippen molar-refractivity contribution < 1.29 is 18.5 Å². The van der Waals surface area contributed by atoms with E-state index in [1.807, 2.05) is 0 Å². The molecule has 0 spiro atoms. The van der Waals surface area contributed by atoms with E-state index in [0.29, 0.717) is 6.61 Å². The van der Waals surface area contributed by atoms with Crippen molar-refractivity contribution in [3.8, 4) is 0 Å². The minimum atomic E-state index is -3.91. The highest BCUT2D eigenvalue weighted by Crippen LogP contribution is 2.46. The molecule has 1 fully saturated rings. The van der Waals surface area contributed by atoms with Gasteiger partial charge in [-0.25, -0.2) is 4.57 Å². The van der Waals surface area contributed by atoms with Crippen LogP contribution in [0.4, 0.5) is 0 Å². The molecule has 1 heterocycles. The van der Waals surface area contributed by atoms with Crippen LogP contribution in [-0.2, 0) is 13.6 Å². The Morgan fingerprint density at radius 3 is 1.68 bits per heavy atom. The maximum atomic E-state index is 12.2. The zero-order valence-corrected chi connectivity index (χ0v) is 21.6. The van der Waals surface area contributed by atoms with Gasteiger partial charge in [0.15, 0.2) is 0 Å². The van der Waals surface area contributed by atoms with Gasteiger partial charge in [-0.1, -0.05) is 104 Å². The normalized spacial score (nSPS) is 17.8. The molecule has 1 unspecified atom stereocenters. The van der Waals surface area contributed by atoms with Gasteiger partial charge >= 0.3 is 7.82 Å². The Bertz CT molecular complexity index is 441. The van der Waals surface area contributed by atoms with Gasteiger partial charge in [0.2, 0.25) is 0 Å². The van der Waals surface area contributed by atoms with Gasteiger partial charge in [-0.05, 0) is 32.2 Å². The van der Waals surface area contributed by atoms with Crippen molar-refractivity contribution in [3.05, 3.63) is 0 Å². The van der Waals surface area contributed by atoms with Gasteiger partial charge in [0.1, 0.15) is 0 Å². The van der Waals surface area contributed by atoms with Gasteiger partial charge in [0.05, 0.1) is 12.7 Å². The summed E-state index contributed by atoms with van der Waals surface area (Å²) in [5, 5.41) is 0. The molecule has 1 saturated heterocycles. The first-order chi connectivity index (χ1) is 15.1. The van der Waals surface area contributed by atoms with Crippen molar-refractivity contribution >= 4 is 7.82 Å². The van der Waals surface area contributed by atoms with Crippen molar-refractivity contribution in [2.75, 3.05) is 26.2 Å². The quantitative estimate of drug-likeness (QED) is 0.139. The van der Waals surface area contributed by atoms with E-state index in [1.165, 1.54) is 89.9 Å². The average molecular weight is 462 g/mol. The second kappa shape index (κ2) is 19.5. The van der Waals surface area contributed by atoms with E-state index in [2.05, 4.69) is 18.7 Å². The smallest absolute Gasteiger partial charge is 0.303 e. The summed E-state index contributed by atoms with van der Waals surface area (Å²) in [6.45, 7) is 7.81. The monoisotopic (exact) mass is 461 g/mol. The zero-order chi connectivity index (χ0) is 22.6. The second-order valence-electron chi connectivity index (χ2n) is 9.40. The first kappa shape index (κ1) is 29.1. The number of phosphoric ester groups is 1. The van der Waals surface area contributed by atoms with Crippen molar-refractivity contribution in [1.82, 2.24) is 4.90 Å². The highest BCUT2D eigenvalue weighted by Gasteiger charge is 2.29. The van der Waals surface area contributed by atoms with E-state index in [-0.39, 0.29) is 6.10 Å². The summed E-state index contributed by atoms with van der Waals surface area (Å²) in [5.74, 6) is 0. The number of hydrogen-bond donors (Lipinski definition) is 1. The minimum Gasteiger partial charge on any atom is -0.303 e. The fraction of sp³-hybridized carbons (Fsp3) is 1.00. The molecule has 186 valence electrons. The maximum absolute atomic E-state index is 12.2. The van der Waals surface area contributed by atoms with Crippen LogP contribution < -0.4 is 0 Å². The summed E-state index contributed by atoms with van der Waals surface area (Å²) in [5.41, 5.74) is 0. The number of piperidine rings is 1. The van der Waals surface area contributed by atoms with Crippen LogP contribution >= 0.6 is 7.82 Å². The third-order valence-electron chi connectivity index (χ3n) is 6.40. The second-order valence-corrected chi connectivity index (χ2v) is 10.8. The lowest BCUT2D eigenvalue weighted by atomic mass is 10.0. The lowest BCUT2D eigenvalue weighted by Crippen LogP contribution is -2.37. The summed E-state index contributed by atoms with van der Waals surface area (Å²) >= 11 is 0. The topological polar surface area (TPSA) is 59.0 Å². The van der Waals surface area contributed by atoms with E-state index in [0.717, 1.165) is 45.3 Å². The molecule has 0 aliphatic carbocycles. The summed E-state index contributed by atoms with van der Waals surface area (Å²) in [7, 11) is -3.91. The molecule has 0 aromatic carbocycles. The zero-order valence-electron chi connectivity index (χ0n) is 20.7. The van der Waals surface area contributed by atoms with Crippen LogP contribution in [0.1, 0.15) is 129 Å². The molecule has 0 radical (unpaired) electrons. The third kappa shape index (κ3) is 17.2. The molecular weight excluding hydrogens is 409 g/mol. The molecule has 31 heavy (non-hydrogen) atoms. The van der Waals surface area contributed by atoms with Crippen LogP contribution in [0.15, 0.2) is 0 Å². The predicted molar refractivity (Wildman–Crippen MR) is 132 cm³/mol. The number of rotatable bonds is 21. The van der Waals surface area contributed by atoms with Gasteiger partial charge < -0.3 is 9.79 Å². The largest absolute Gasteiger partial charge is 0.472 e. The lowest BCUT2D eigenvalue weighted by Gasteiger charge is -2.32. The van der Waals surface area contributed by atoms with Gasteiger partial charge in [-0.2, -0.15) is 0 Å².